The van der Waals surface area contributed by atoms with Crippen molar-refractivity contribution in [1.82, 2.24) is 14.9 Å². The van der Waals surface area contributed by atoms with E-state index < -0.39 is 12.0 Å². The van der Waals surface area contributed by atoms with Crippen molar-refractivity contribution in [2.75, 3.05) is 33.2 Å². The molecule has 9 nitrogen and oxygen atoms in total. The molecule has 2 N–H and O–H groups in total. The summed E-state index contributed by atoms with van der Waals surface area (Å²) in [6.45, 7) is 0.478. The lowest BCUT2D eigenvalue weighted by Crippen LogP contribution is -2.43. The number of anilines is 1. The normalized spacial score (nSPS) is 15.0. The number of aromatic amines is 1. The Kier molecular flexibility index (Phi) is 5.98. The molecule has 1 atom stereocenters. The summed E-state index contributed by atoms with van der Waals surface area (Å²) in [7, 11) is 4.47. The summed E-state index contributed by atoms with van der Waals surface area (Å²) in [6.07, 6.45) is 2.28. The maximum absolute atomic E-state index is 13.3. The molecule has 3 aromatic rings. The Morgan fingerprint density at radius 2 is 1.88 bits per heavy atom. The van der Waals surface area contributed by atoms with E-state index in [0.717, 1.165) is 17.0 Å². The van der Waals surface area contributed by atoms with E-state index in [1.54, 1.807) is 49.7 Å². The van der Waals surface area contributed by atoms with E-state index in [0.29, 0.717) is 35.7 Å². The number of urea groups is 1. The van der Waals surface area contributed by atoms with Crippen LogP contribution in [0.4, 0.5) is 10.5 Å². The number of ether oxygens (including phenoxy) is 3. The molecule has 0 saturated carbocycles. The van der Waals surface area contributed by atoms with Gasteiger partial charge in [-0.05, 0) is 30.3 Å². The zero-order chi connectivity index (χ0) is 22.7. The SMILES string of the molecule is COC(=O)c1ccc(NC(=O)N2CCc3[nH]cnc3[C@@H]2c2cccc(OC)c2OC)cc1. The van der Waals surface area contributed by atoms with E-state index in [-0.39, 0.29) is 6.03 Å². The first-order valence-electron chi connectivity index (χ1n) is 10.1. The molecule has 166 valence electrons. The summed E-state index contributed by atoms with van der Waals surface area (Å²) in [5, 5.41) is 2.91. The van der Waals surface area contributed by atoms with Gasteiger partial charge in [0.2, 0.25) is 0 Å². The van der Waals surface area contributed by atoms with Crippen LogP contribution >= 0.6 is 0 Å². The molecule has 0 unspecified atom stereocenters. The van der Waals surface area contributed by atoms with Crippen molar-refractivity contribution in [3.8, 4) is 11.5 Å². The lowest BCUT2D eigenvalue weighted by atomic mass is 9.95. The Labute approximate surface area is 185 Å². The number of aromatic nitrogens is 2. The number of fused-ring (bicyclic) bond motifs is 1. The number of hydrogen-bond acceptors (Lipinski definition) is 6. The molecule has 2 heterocycles. The standard InChI is InChI=1S/C23H24N4O5/c1-30-18-6-4-5-16(21(18)31-2)20-19-17(24-13-25-19)11-12-27(20)23(29)26-15-9-7-14(8-10-15)22(28)32-3/h4-10,13,20H,11-12H2,1-3H3,(H,24,25)(H,26,29)/t20-/m0/s1. The highest BCUT2D eigenvalue weighted by atomic mass is 16.5. The van der Waals surface area contributed by atoms with Crippen molar-refractivity contribution in [1.29, 1.82) is 0 Å². The number of carbonyl (C=O) groups is 2. The second-order valence-corrected chi connectivity index (χ2v) is 7.19. The first kappa shape index (κ1) is 21.2. The van der Waals surface area contributed by atoms with E-state index in [1.807, 2.05) is 18.2 Å². The number of nitrogens with one attached hydrogen (secondary N) is 2. The largest absolute Gasteiger partial charge is 0.493 e. The lowest BCUT2D eigenvalue weighted by Gasteiger charge is -2.36. The van der Waals surface area contributed by atoms with Gasteiger partial charge in [-0.2, -0.15) is 0 Å². The Morgan fingerprint density at radius 1 is 1.09 bits per heavy atom. The molecule has 0 saturated heterocycles. The van der Waals surface area contributed by atoms with Crippen LogP contribution in [0.15, 0.2) is 48.8 Å². The molecule has 0 radical (unpaired) electrons. The fourth-order valence-electron chi connectivity index (χ4n) is 3.94. The minimum absolute atomic E-state index is 0.292. The van der Waals surface area contributed by atoms with E-state index in [9.17, 15) is 9.59 Å². The first-order valence-corrected chi connectivity index (χ1v) is 10.1. The molecule has 32 heavy (non-hydrogen) atoms. The molecular formula is C23H24N4O5. The average Bonchev–Trinajstić information content (AvgIpc) is 3.31. The van der Waals surface area contributed by atoms with Gasteiger partial charge in [0, 0.05) is 29.9 Å². The number of methoxy groups -OCH3 is 3. The van der Waals surface area contributed by atoms with Gasteiger partial charge in [0.15, 0.2) is 11.5 Å². The summed E-state index contributed by atoms with van der Waals surface area (Å²) in [5.41, 5.74) is 3.48. The van der Waals surface area contributed by atoms with Gasteiger partial charge in [-0.25, -0.2) is 14.6 Å². The summed E-state index contributed by atoms with van der Waals surface area (Å²) >= 11 is 0. The van der Waals surface area contributed by atoms with Crippen molar-refractivity contribution < 1.29 is 23.8 Å². The second-order valence-electron chi connectivity index (χ2n) is 7.19. The number of esters is 1. The maximum Gasteiger partial charge on any atom is 0.337 e. The van der Waals surface area contributed by atoms with Gasteiger partial charge in [0.1, 0.15) is 6.04 Å². The molecule has 0 bridgehead atoms. The number of nitrogens with zero attached hydrogens (tertiary/aromatic N) is 2. The maximum atomic E-state index is 13.3. The third-order valence-corrected chi connectivity index (χ3v) is 5.47. The molecule has 1 aromatic heterocycles. The minimum Gasteiger partial charge on any atom is -0.493 e. The summed E-state index contributed by atoms with van der Waals surface area (Å²) in [4.78, 5) is 34.4. The molecule has 0 spiro atoms. The van der Waals surface area contributed by atoms with Gasteiger partial charge in [0.25, 0.3) is 0 Å². The Bertz CT molecular complexity index is 1130. The lowest BCUT2D eigenvalue weighted by molar-refractivity contribution is 0.0600. The quantitative estimate of drug-likeness (QED) is 0.594. The third-order valence-electron chi connectivity index (χ3n) is 5.47. The Morgan fingerprint density at radius 3 is 2.56 bits per heavy atom. The minimum atomic E-state index is -0.468. The number of benzene rings is 2. The third kappa shape index (κ3) is 3.84. The van der Waals surface area contributed by atoms with Gasteiger partial charge in [-0.15, -0.1) is 0 Å². The van der Waals surface area contributed by atoms with Crippen molar-refractivity contribution in [3.05, 3.63) is 71.3 Å². The summed E-state index contributed by atoms with van der Waals surface area (Å²) in [6, 6.07) is 11.3. The molecule has 0 aliphatic carbocycles. The fraction of sp³-hybridized carbons (Fsp3) is 0.261. The molecule has 0 fully saturated rings. The van der Waals surface area contributed by atoms with Crippen LogP contribution < -0.4 is 14.8 Å². The second kappa shape index (κ2) is 9.01. The number of imidazole rings is 1. The van der Waals surface area contributed by atoms with Crippen molar-refractivity contribution in [3.63, 3.8) is 0 Å². The van der Waals surface area contributed by atoms with E-state index >= 15 is 0 Å². The number of H-pyrrole nitrogens is 1. The molecule has 2 amide bonds. The smallest absolute Gasteiger partial charge is 0.337 e. The van der Waals surface area contributed by atoms with Crippen molar-refractivity contribution in [2.24, 2.45) is 0 Å². The van der Waals surface area contributed by atoms with Gasteiger partial charge in [-0.1, -0.05) is 12.1 Å². The highest BCUT2D eigenvalue weighted by Crippen LogP contribution is 2.42. The fourth-order valence-corrected chi connectivity index (χ4v) is 3.94. The summed E-state index contributed by atoms with van der Waals surface area (Å²) in [5.74, 6) is 0.692. The highest BCUT2D eigenvalue weighted by Gasteiger charge is 2.36. The van der Waals surface area contributed by atoms with Crippen LogP contribution in [0.25, 0.3) is 0 Å². The molecule has 4 rings (SSSR count). The van der Waals surface area contributed by atoms with Gasteiger partial charge < -0.3 is 29.4 Å². The van der Waals surface area contributed by atoms with Crippen LogP contribution in [-0.4, -0.2) is 54.7 Å². The number of rotatable bonds is 5. The van der Waals surface area contributed by atoms with Crippen LogP contribution in [0, 0.1) is 0 Å². The highest BCUT2D eigenvalue weighted by molar-refractivity contribution is 5.92. The number of carbonyl (C=O) groups excluding carboxylic acids is 2. The van der Waals surface area contributed by atoms with Crippen LogP contribution in [-0.2, 0) is 11.2 Å². The Balaban J connectivity index is 1.67. The predicted molar refractivity (Wildman–Crippen MR) is 117 cm³/mol. The predicted octanol–water partition coefficient (Wildman–Crippen LogP) is 3.39. The van der Waals surface area contributed by atoms with Crippen LogP contribution in [0.5, 0.6) is 11.5 Å². The molecule has 2 aromatic carbocycles. The number of para-hydroxylation sites is 1. The van der Waals surface area contributed by atoms with Gasteiger partial charge in [-0.3, -0.25) is 0 Å². The van der Waals surface area contributed by atoms with Crippen LogP contribution in [0.1, 0.15) is 33.4 Å². The van der Waals surface area contributed by atoms with Crippen LogP contribution in [0.3, 0.4) is 0 Å². The average molecular weight is 436 g/mol. The van der Waals surface area contributed by atoms with Crippen LogP contribution in [0.2, 0.25) is 0 Å². The van der Waals surface area contributed by atoms with Gasteiger partial charge in [0.05, 0.1) is 38.9 Å². The molecule has 1 aliphatic heterocycles. The molecule has 1 aliphatic rings. The van der Waals surface area contributed by atoms with Gasteiger partial charge >= 0.3 is 12.0 Å². The number of hydrogen-bond donors (Lipinski definition) is 2. The zero-order valence-electron chi connectivity index (χ0n) is 18.0. The zero-order valence-corrected chi connectivity index (χ0v) is 18.0. The van der Waals surface area contributed by atoms with Crippen molar-refractivity contribution in [2.45, 2.75) is 12.5 Å². The molecule has 9 heteroatoms. The molecular weight excluding hydrogens is 412 g/mol. The van der Waals surface area contributed by atoms with Crippen molar-refractivity contribution >= 4 is 17.7 Å². The van der Waals surface area contributed by atoms with E-state index in [1.165, 1.54) is 7.11 Å². The first-order chi connectivity index (χ1) is 15.6. The van der Waals surface area contributed by atoms with E-state index in [2.05, 4.69) is 15.3 Å². The Hall–Kier alpha value is -4.01. The monoisotopic (exact) mass is 436 g/mol. The topological polar surface area (TPSA) is 106 Å². The summed E-state index contributed by atoms with van der Waals surface area (Å²) < 4.78 is 15.8. The number of amides is 2. The van der Waals surface area contributed by atoms with E-state index in [4.69, 9.17) is 14.2 Å².